The number of anilines is 1. The largest absolute Gasteiger partial charge is 0.382 e. The van der Waals surface area contributed by atoms with E-state index in [1.807, 2.05) is 0 Å². The molecular weight excluding hydrogens is 270 g/mol. The van der Waals surface area contributed by atoms with Crippen LogP contribution in [0.3, 0.4) is 0 Å². The Morgan fingerprint density at radius 1 is 1.56 bits per heavy atom. The van der Waals surface area contributed by atoms with Crippen molar-refractivity contribution in [1.82, 2.24) is 9.78 Å². The van der Waals surface area contributed by atoms with Crippen LogP contribution in [-0.4, -0.2) is 16.3 Å². The third-order valence-corrected chi connectivity index (χ3v) is 3.90. The van der Waals surface area contributed by atoms with Crippen molar-refractivity contribution >= 4 is 21.6 Å². The molecule has 0 spiro atoms. The lowest BCUT2D eigenvalue weighted by Crippen LogP contribution is -2.22. The van der Waals surface area contributed by atoms with E-state index in [1.54, 1.807) is 13.2 Å². The highest BCUT2D eigenvalue weighted by atomic mass is 79.9. The summed E-state index contributed by atoms with van der Waals surface area (Å²) in [5.41, 5.74) is 0.700. The molecule has 4 nitrogen and oxygen atoms in total. The molecule has 1 aliphatic carbocycles. The minimum absolute atomic E-state index is 0.101. The minimum Gasteiger partial charge on any atom is -0.382 e. The van der Waals surface area contributed by atoms with Gasteiger partial charge in [0.15, 0.2) is 0 Å². The highest BCUT2D eigenvalue weighted by Gasteiger charge is 2.15. The molecule has 0 unspecified atom stereocenters. The second kappa shape index (κ2) is 4.99. The van der Waals surface area contributed by atoms with Gasteiger partial charge in [0.05, 0.1) is 11.9 Å². The van der Waals surface area contributed by atoms with E-state index in [-0.39, 0.29) is 5.56 Å². The second-order valence-corrected chi connectivity index (χ2v) is 5.13. The van der Waals surface area contributed by atoms with Crippen molar-refractivity contribution in [1.29, 1.82) is 0 Å². The van der Waals surface area contributed by atoms with Gasteiger partial charge in [0.25, 0.3) is 5.56 Å². The zero-order chi connectivity index (χ0) is 11.5. The first-order chi connectivity index (χ1) is 7.68. The van der Waals surface area contributed by atoms with E-state index in [1.165, 1.54) is 30.4 Å². The first-order valence-electron chi connectivity index (χ1n) is 5.64. The molecule has 2 rings (SSSR count). The Balaban J connectivity index is 2.04. The number of hydrogen-bond acceptors (Lipinski definition) is 3. The molecule has 1 aliphatic rings. The maximum absolute atomic E-state index is 11.6. The molecule has 0 aliphatic heterocycles. The molecule has 0 atom stereocenters. The number of aryl methyl sites for hydroxylation is 1. The maximum atomic E-state index is 11.6. The fourth-order valence-electron chi connectivity index (χ4n) is 2.10. The van der Waals surface area contributed by atoms with E-state index in [4.69, 9.17) is 0 Å². The lowest BCUT2D eigenvalue weighted by Gasteiger charge is -2.12. The summed E-state index contributed by atoms with van der Waals surface area (Å²) in [6.45, 7) is 0.938. The zero-order valence-corrected chi connectivity index (χ0v) is 11.0. The van der Waals surface area contributed by atoms with Gasteiger partial charge < -0.3 is 5.32 Å². The van der Waals surface area contributed by atoms with Crippen molar-refractivity contribution < 1.29 is 0 Å². The van der Waals surface area contributed by atoms with Crippen molar-refractivity contribution in [2.24, 2.45) is 13.0 Å². The van der Waals surface area contributed by atoms with E-state index < -0.39 is 0 Å². The van der Waals surface area contributed by atoms with Gasteiger partial charge in [-0.1, -0.05) is 12.8 Å². The van der Waals surface area contributed by atoms with Crippen LogP contribution < -0.4 is 10.9 Å². The Morgan fingerprint density at radius 3 is 2.94 bits per heavy atom. The average Bonchev–Trinajstić information content (AvgIpc) is 2.78. The average molecular weight is 286 g/mol. The molecule has 1 heterocycles. The molecule has 1 aromatic heterocycles. The summed E-state index contributed by atoms with van der Waals surface area (Å²) in [7, 11) is 1.65. The summed E-state index contributed by atoms with van der Waals surface area (Å²) in [5.74, 6) is 0.746. The topological polar surface area (TPSA) is 46.9 Å². The third kappa shape index (κ3) is 2.45. The van der Waals surface area contributed by atoms with Crippen LogP contribution in [0.25, 0.3) is 0 Å². The van der Waals surface area contributed by atoms with Crippen LogP contribution in [0.5, 0.6) is 0 Å². The maximum Gasteiger partial charge on any atom is 0.282 e. The van der Waals surface area contributed by atoms with E-state index in [2.05, 4.69) is 26.3 Å². The lowest BCUT2D eigenvalue weighted by atomic mass is 10.1. The number of nitrogens with zero attached hydrogens (tertiary/aromatic N) is 2. The minimum atomic E-state index is -0.101. The standard InChI is InChI=1S/C11H16BrN3O/c1-15-11(16)10(12)9(7-14-15)13-6-8-4-2-3-5-8/h7-8,13H,2-6H2,1H3. The van der Waals surface area contributed by atoms with E-state index in [9.17, 15) is 4.79 Å². The van der Waals surface area contributed by atoms with E-state index >= 15 is 0 Å². The Hall–Kier alpha value is -0.840. The van der Waals surface area contributed by atoms with Gasteiger partial charge >= 0.3 is 0 Å². The smallest absolute Gasteiger partial charge is 0.282 e. The van der Waals surface area contributed by atoms with Gasteiger partial charge in [-0.15, -0.1) is 0 Å². The summed E-state index contributed by atoms with van der Waals surface area (Å²) in [5, 5.41) is 7.30. The SMILES string of the molecule is Cn1ncc(NCC2CCCC2)c(Br)c1=O. The van der Waals surface area contributed by atoms with Gasteiger partial charge in [-0.05, 0) is 34.7 Å². The molecule has 1 N–H and O–H groups in total. The molecule has 1 aromatic rings. The highest BCUT2D eigenvalue weighted by molar-refractivity contribution is 9.10. The van der Waals surface area contributed by atoms with Crippen molar-refractivity contribution in [2.75, 3.05) is 11.9 Å². The van der Waals surface area contributed by atoms with Gasteiger partial charge in [-0.2, -0.15) is 5.10 Å². The molecule has 5 heteroatoms. The van der Waals surface area contributed by atoms with Crippen molar-refractivity contribution in [3.05, 3.63) is 21.0 Å². The van der Waals surface area contributed by atoms with Gasteiger partial charge in [0.2, 0.25) is 0 Å². The molecule has 0 bridgehead atoms. The van der Waals surface area contributed by atoms with Gasteiger partial charge in [0.1, 0.15) is 4.47 Å². The quantitative estimate of drug-likeness (QED) is 0.926. The molecule has 0 aromatic carbocycles. The molecule has 0 radical (unpaired) electrons. The fraction of sp³-hybridized carbons (Fsp3) is 0.636. The lowest BCUT2D eigenvalue weighted by molar-refractivity contribution is 0.579. The number of hydrogen-bond donors (Lipinski definition) is 1. The van der Waals surface area contributed by atoms with Crippen LogP contribution in [0.2, 0.25) is 0 Å². The monoisotopic (exact) mass is 285 g/mol. The van der Waals surface area contributed by atoms with Crippen molar-refractivity contribution in [3.8, 4) is 0 Å². The molecular formula is C11H16BrN3O. The van der Waals surface area contributed by atoms with Crippen LogP contribution in [0, 0.1) is 5.92 Å². The number of aromatic nitrogens is 2. The van der Waals surface area contributed by atoms with Gasteiger partial charge in [0, 0.05) is 13.6 Å². The predicted molar refractivity (Wildman–Crippen MR) is 67.6 cm³/mol. The summed E-state index contributed by atoms with van der Waals surface area (Å²) < 4.78 is 1.90. The van der Waals surface area contributed by atoms with Crippen molar-refractivity contribution in [2.45, 2.75) is 25.7 Å². The third-order valence-electron chi connectivity index (χ3n) is 3.13. The van der Waals surface area contributed by atoms with Crippen LogP contribution in [-0.2, 0) is 7.05 Å². The second-order valence-electron chi connectivity index (χ2n) is 4.33. The van der Waals surface area contributed by atoms with Crippen LogP contribution in [0.15, 0.2) is 15.5 Å². The molecule has 0 amide bonds. The summed E-state index contributed by atoms with van der Waals surface area (Å²) >= 11 is 3.30. The predicted octanol–water partition coefficient (Wildman–Crippen LogP) is 2.14. The number of rotatable bonds is 3. The van der Waals surface area contributed by atoms with E-state index in [0.717, 1.165) is 18.2 Å². The Morgan fingerprint density at radius 2 is 2.25 bits per heavy atom. The van der Waals surface area contributed by atoms with Crippen LogP contribution >= 0.6 is 15.9 Å². The first-order valence-corrected chi connectivity index (χ1v) is 6.43. The Bertz CT molecular complexity index is 424. The normalized spacial score (nSPS) is 16.6. The first kappa shape index (κ1) is 11.6. The summed E-state index contributed by atoms with van der Waals surface area (Å²) in [4.78, 5) is 11.6. The molecule has 16 heavy (non-hydrogen) atoms. The summed E-state index contributed by atoms with van der Waals surface area (Å²) in [6, 6.07) is 0. The Labute approximate surface area is 103 Å². The van der Waals surface area contributed by atoms with Crippen molar-refractivity contribution in [3.63, 3.8) is 0 Å². The zero-order valence-electron chi connectivity index (χ0n) is 9.37. The molecule has 1 saturated carbocycles. The molecule has 88 valence electrons. The Kier molecular flexibility index (Phi) is 3.63. The number of halogens is 1. The fourth-order valence-corrected chi connectivity index (χ4v) is 2.60. The van der Waals surface area contributed by atoms with E-state index in [0.29, 0.717) is 4.47 Å². The van der Waals surface area contributed by atoms with Gasteiger partial charge in [-0.3, -0.25) is 4.79 Å². The van der Waals surface area contributed by atoms with Gasteiger partial charge in [-0.25, -0.2) is 4.68 Å². The van der Waals surface area contributed by atoms with Crippen LogP contribution in [0.1, 0.15) is 25.7 Å². The summed E-state index contributed by atoms with van der Waals surface area (Å²) in [6.07, 6.45) is 6.96. The van der Waals surface area contributed by atoms with Crippen LogP contribution in [0.4, 0.5) is 5.69 Å². The molecule has 1 fully saturated rings. The number of nitrogens with one attached hydrogen (secondary N) is 1. The molecule has 0 saturated heterocycles. The highest BCUT2D eigenvalue weighted by Crippen LogP contribution is 2.25.